The van der Waals surface area contributed by atoms with Gasteiger partial charge in [-0.1, -0.05) is 232 Å². The number of carbonyl (C=O) groups is 2. The molecule has 0 aromatic heterocycles. The molecule has 0 heterocycles. The van der Waals surface area contributed by atoms with Gasteiger partial charge >= 0.3 is 5.97 Å². The summed E-state index contributed by atoms with van der Waals surface area (Å²) in [5.74, 6) is -0.660. The lowest BCUT2D eigenvalue weighted by atomic mass is 10.0. The van der Waals surface area contributed by atoms with Crippen LogP contribution in [0.4, 0.5) is 0 Å². The lowest BCUT2D eigenvalue weighted by molar-refractivity contribution is -0.150. The van der Waals surface area contributed by atoms with Crippen molar-refractivity contribution >= 4 is 11.9 Å². The first kappa shape index (κ1) is 61.3. The summed E-state index contributed by atoms with van der Waals surface area (Å²) in [5, 5.41) is 23.7. The summed E-state index contributed by atoms with van der Waals surface area (Å²) in [5.41, 5.74) is 0. The van der Waals surface area contributed by atoms with E-state index in [-0.39, 0.29) is 31.3 Å². The van der Waals surface area contributed by atoms with E-state index in [1.54, 1.807) is 0 Å². The van der Waals surface area contributed by atoms with Gasteiger partial charge in [0, 0.05) is 12.8 Å². The molecule has 0 fully saturated rings. The van der Waals surface area contributed by atoms with Crippen LogP contribution in [0.2, 0.25) is 0 Å². The first-order chi connectivity index (χ1) is 32.0. The zero-order valence-electron chi connectivity index (χ0n) is 41.8. The largest absolute Gasteiger partial charge is 0.461 e. The second-order valence-electron chi connectivity index (χ2n) is 17.2. The number of aliphatic hydroxyl groups excluding tert-OH is 2. The molecule has 3 unspecified atom stereocenters. The van der Waals surface area contributed by atoms with E-state index >= 15 is 0 Å². The normalized spacial score (nSPS) is 14.2. The van der Waals surface area contributed by atoms with E-state index in [4.69, 9.17) is 4.74 Å². The van der Waals surface area contributed by atoms with E-state index in [1.165, 1.54) is 70.6 Å². The number of amides is 1. The summed E-state index contributed by atoms with van der Waals surface area (Å²) >= 11 is 0. The number of unbranched alkanes of at least 4 members (excludes halogenated alkanes) is 14. The standard InChI is InChI=1S/C59H97NO5/c1-4-7-10-13-16-19-22-25-28-29-31-34-37-40-43-46-49-52-59(64)65-55(50-47-44-41-38-35-32-30-26-23-20-17-14-11-8-5-2)53-58(63)60-56(54-61)57(62)51-48-45-42-39-36-33-27-24-21-18-15-12-9-6-3/h7-8,10-11,16-17,19-20,25-26,28,30-31,34-35,38,40,43-44,47,55-57,61-62H,4-6,9,12-15,18,21-24,27,29,32-33,36-37,39,41-42,45-46,48-54H2,1-3H3,(H,60,63)/b10-7-,11-8-,19-16-,20-17-,28-25-,30-26-,34-31-,38-35-,43-40-,47-44-. The highest BCUT2D eigenvalue weighted by molar-refractivity contribution is 5.77. The second kappa shape index (κ2) is 51.2. The van der Waals surface area contributed by atoms with Crippen molar-refractivity contribution in [3.8, 4) is 0 Å². The monoisotopic (exact) mass is 900 g/mol. The fourth-order valence-electron chi connectivity index (χ4n) is 7.13. The highest BCUT2D eigenvalue weighted by Crippen LogP contribution is 2.16. The van der Waals surface area contributed by atoms with Crippen LogP contribution in [-0.4, -0.2) is 46.9 Å². The average molecular weight is 900 g/mol. The molecule has 65 heavy (non-hydrogen) atoms. The zero-order chi connectivity index (χ0) is 47.4. The molecular weight excluding hydrogens is 803 g/mol. The van der Waals surface area contributed by atoms with Crippen molar-refractivity contribution < 1.29 is 24.5 Å². The number of ether oxygens (including phenoxy) is 1. The Kier molecular flexibility index (Phi) is 48.3. The Morgan fingerprint density at radius 1 is 0.477 bits per heavy atom. The third-order valence-electron chi connectivity index (χ3n) is 11.0. The number of esters is 1. The molecule has 0 aromatic rings. The van der Waals surface area contributed by atoms with Crippen LogP contribution in [0.3, 0.4) is 0 Å². The van der Waals surface area contributed by atoms with Gasteiger partial charge in [0.1, 0.15) is 6.10 Å². The number of rotatable bonds is 45. The van der Waals surface area contributed by atoms with Crippen LogP contribution in [0, 0.1) is 0 Å². The van der Waals surface area contributed by atoms with Crippen LogP contribution in [0.5, 0.6) is 0 Å². The van der Waals surface area contributed by atoms with Crippen molar-refractivity contribution in [1.29, 1.82) is 0 Å². The van der Waals surface area contributed by atoms with Crippen molar-refractivity contribution in [3.63, 3.8) is 0 Å². The minimum Gasteiger partial charge on any atom is -0.461 e. The van der Waals surface area contributed by atoms with Crippen LogP contribution in [-0.2, 0) is 14.3 Å². The maximum absolute atomic E-state index is 13.2. The number of aliphatic hydroxyl groups is 2. The molecule has 0 spiro atoms. The molecule has 3 N–H and O–H groups in total. The van der Waals surface area contributed by atoms with Gasteiger partial charge in [0.2, 0.25) is 5.91 Å². The molecule has 0 aliphatic heterocycles. The van der Waals surface area contributed by atoms with Gasteiger partial charge in [-0.05, 0) is 83.5 Å². The molecule has 0 radical (unpaired) electrons. The number of hydrogen-bond donors (Lipinski definition) is 3. The van der Waals surface area contributed by atoms with E-state index < -0.39 is 18.2 Å². The van der Waals surface area contributed by atoms with Crippen molar-refractivity contribution in [2.24, 2.45) is 0 Å². The van der Waals surface area contributed by atoms with E-state index in [0.717, 1.165) is 89.9 Å². The van der Waals surface area contributed by atoms with Gasteiger partial charge < -0.3 is 20.3 Å². The van der Waals surface area contributed by atoms with Crippen molar-refractivity contribution in [2.45, 2.75) is 232 Å². The Morgan fingerprint density at radius 3 is 1.25 bits per heavy atom. The fourth-order valence-corrected chi connectivity index (χ4v) is 7.13. The van der Waals surface area contributed by atoms with Crippen LogP contribution in [0.15, 0.2) is 122 Å². The Hall–Kier alpha value is -3.74. The summed E-state index contributed by atoms with van der Waals surface area (Å²) in [4.78, 5) is 26.1. The molecule has 0 aliphatic rings. The number of carbonyl (C=O) groups excluding carboxylic acids is 2. The average Bonchev–Trinajstić information content (AvgIpc) is 3.30. The maximum Gasteiger partial charge on any atom is 0.306 e. The molecule has 0 saturated carbocycles. The lowest BCUT2D eigenvalue weighted by Crippen LogP contribution is -2.46. The molecule has 0 bridgehead atoms. The smallest absolute Gasteiger partial charge is 0.306 e. The van der Waals surface area contributed by atoms with Gasteiger partial charge in [-0.15, -0.1) is 0 Å². The summed E-state index contributed by atoms with van der Waals surface area (Å²) in [6.07, 6.45) is 71.3. The van der Waals surface area contributed by atoms with Gasteiger partial charge in [0.15, 0.2) is 0 Å². The van der Waals surface area contributed by atoms with Crippen LogP contribution in [0.25, 0.3) is 0 Å². The molecule has 1 amide bonds. The van der Waals surface area contributed by atoms with Gasteiger partial charge in [-0.3, -0.25) is 9.59 Å². The van der Waals surface area contributed by atoms with Crippen LogP contribution >= 0.6 is 0 Å². The van der Waals surface area contributed by atoms with E-state index in [1.807, 2.05) is 12.2 Å². The minimum absolute atomic E-state index is 0.0309. The molecule has 0 rings (SSSR count). The van der Waals surface area contributed by atoms with Crippen LogP contribution in [0.1, 0.15) is 213 Å². The highest BCUT2D eigenvalue weighted by Gasteiger charge is 2.23. The molecule has 0 saturated heterocycles. The summed E-state index contributed by atoms with van der Waals surface area (Å²) in [6, 6.07) is -0.752. The summed E-state index contributed by atoms with van der Waals surface area (Å²) < 4.78 is 5.84. The van der Waals surface area contributed by atoms with Gasteiger partial charge in [-0.25, -0.2) is 0 Å². The van der Waals surface area contributed by atoms with Gasteiger partial charge in [0.05, 0.1) is 25.2 Å². The van der Waals surface area contributed by atoms with Gasteiger partial charge in [-0.2, -0.15) is 0 Å². The van der Waals surface area contributed by atoms with E-state index in [0.29, 0.717) is 19.3 Å². The first-order valence-electron chi connectivity index (χ1n) is 26.3. The number of hydrogen-bond acceptors (Lipinski definition) is 5. The van der Waals surface area contributed by atoms with Crippen molar-refractivity contribution in [3.05, 3.63) is 122 Å². The Bertz CT molecular complexity index is 1380. The molecule has 6 heteroatoms. The predicted molar refractivity (Wildman–Crippen MR) is 282 cm³/mol. The van der Waals surface area contributed by atoms with Gasteiger partial charge in [0.25, 0.3) is 0 Å². The quantitative estimate of drug-likeness (QED) is 0.0321. The molecule has 0 aromatic carbocycles. The van der Waals surface area contributed by atoms with E-state index in [9.17, 15) is 19.8 Å². The third-order valence-corrected chi connectivity index (χ3v) is 11.0. The Balaban J connectivity index is 4.82. The molecule has 0 aliphatic carbocycles. The van der Waals surface area contributed by atoms with Crippen molar-refractivity contribution in [1.82, 2.24) is 5.32 Å². The number of allylic oxidation sites excluding steroid dienone is 19. The first-order valence-corrected chi connectivity index (χ1v) is 26.3. The van der Waals surface area contributed by atoms with E-state index in [2.05, 4.69) is 135 Å². The molecule has 6 nitrogen and oxygen atoms in total. The lowest BCUT2D eigenvalue weighted by Gasteiger charge is -2.24. The molecular formula is C59H97NO5. The minimum atomic E-state index is -0.829. The van der Waals surface area contributed by atoms with Crippen LogP contribution < -0.4 is 5.32 Å². The number of nitrogens with one attached hydrogen (secondary N) is 1. The predicted octanol–water partition coefficient (Wildman–Crippen LogP) is 16.1. The molecule has 3 atom stereocenters. The highest BCUT2D eigenvalue weighted by atomic mass is 16.5. The summed E-state index contributed by atoms with van der Waals surface area (Å²) in [7, 11) is 0. The zero-order valence-corrected chi connectivity index (χ0v) is 41.8. The van der Waals surface area contributed by atoms with Crippen molar-refractivity contribution in [2.75, 3.05) is 6.61 Å². The maximum atomic E-state index is 13.2. The SMILES string of the molecule is CC/C=C\C/C=C\C/C=C\C/C=C\C/C=C\CCCC(=O)OC(C/C=C\C/C=C\C/C=C\C/C=C\C/C=C\CC)CC(=O)NC(CO)C(O)CCCCCCCCCCCCCCCC. The third kappa shape index (κ3) is 46.6. The fraction of sp³-hybridized carbons (Fsp3) is 0.627. The Labute approximate surface area is 400 Å². The molecule has 368 valence electrons. The second-order valence-corrected chi connectivity index (χ2v) is 17.2. The summed E-state index contributed by atoms with van der Waals surface area (Å²) in [6.45, 7) is 6.21. The Morgan fingerprint density at radius 2 is 0.846 bits per heavy atom. The topological polar surface area (TPSA) is 95.9 Å².